The van der Waals surface area contributed by atoms with E-state index in [1.807, 2.05) is 0 Å². The summed E-state index contributed by atoms with van der Waals surface area (Å²) in [6.45, 7) is 0.397. The molecule has 0 unspecified atom stereocenters. The van der Waals surface area contributed by atoms with Crippen LogP contribution in [0.25, 0.3) is 0 Å². The summed E-state index contributed by atoms with van der Waals surface area (Å²) in [6, 6.07) is 4.22. The highest BCUT2D eigenvalue weighted by Crippen LogP contribution is 2.32. The summed E-state index contributed by atoms with van der Waals surface area (Å²) in [7, 11) is 1.47. The Balaban J connectivity index is 2.24. The molecule has 20 heavy (non-hydrogen) atoms. The number of carbonyl (C=O) groups is 1. The summed E-state index contributed by atoms with van der Waals surface area (Å²) in [5.41, 5.74) is 4.71. The molecule has 1 heterocycles. The molecule has 0 bridgehead atoms. The van der Waals surface area contributed by atoms with E-state index >= 15 is 0 Å². The fourth-order valence-electron chi connectivity index (χ4n) is 1.84. The zero-order valence-corrected chi connectivity index (χ0v) is 10.7. The lowest BCUT2D eigenvalue weighted by molar-refractivity contribution is -0.137. The molecule has 0 saturated carbocycles. The van der Waals surface area contributed by atoms with E-state index in [2.05, 4.69) is 5.10 Å². The molecule has 0 saturated heterocycles. The highest BCUT2D eigenvalue weighted by molar-refractivity contribution is 5.98. The summed E-state index contributed by atoms with van der Waals surface area (Å²) in [5.74, 6) is 0.426. The van der Waals surface area contributed by atoms with E-state index in [4.69, 9.17) is 5.73 Å². The van der Waals surface area contributed by atoms with Gasteiger partial charge in [0.2, 0.25) is 0 Å². The van der Waals surface area contributed by atoms with Crippen molar-refractivity contribution >= 4 is 17.6 Å². The van der Waals surface area contributed by atoms with Crippen molar-refractivity contribution in [1.82, 2.24) is 4.90 Å². The second kappa shape index (κ2) is 5.03. The Morgan fingerprint density at radius 2 is 2.15 bits per heavy atom. The molecule has 1 aliphatic heterocycles. The van der Waals surface area contributed by atoms with Crippen molar-refractivity contribution in [2.24, 2.45) is 10.8 Å². The molecule has 2 rings (SSSR count). The van der Waals surface area contributed by atoms with Crippen LogP contribution in [0, 0.1) is 0 Å². The summed E-state index contributed by atoms with van der Waals surface area (Å²) in [5, 5.41) is 5.53. The van der Waals surface area contributed by atoms with Crippen LogP contribution in [0.1, 0.15) is 12.0 Å². The maximum atomic E-state index is 12.6. The van der Waals surface area contributed by atoms with Crippen LogP contribution in [-0.4, -0.2) is 30.4 Å². The smallest absolute Gasteiger partial charge is 0.351 e. The zero-order valence-electron chi connectivity index (χ0n) is 10.7. The number of amidine groups is 1. The number of benzene rings is 1. The molecule has 0 aliphatic carbocycles. The third kappa shape index (κ3) is 2.84. The van der Waals surface area contributed by atoms with Gasteiger partial charge in [0, 0.05) is 20.0 Å². The molecule has 0 fully saturated rings. The molecule has 0 aromatic heterocycles. The number of anilines is 1. The molecule has 1 aliphatic rings. The first kappa shape index (κ1) is 14.2. The lowest BCUT2D eigenvalue weighted by Crippen LogP contribution is -2.36. The minimum Gasteiger partial charge on any atom is -0.351 e. The fourth-order valence-corrected chi connectivity index (χ4v) is 1.84. The van der Waals surface area contributed by atoms with Crippen molar-refractivity contribution in [3.8, 4) is 0 Å². The predicted octanol–water partition coefficient (Wildman–Crippen LogP) is 2.24. The SMILES string of the molecule is CN(C(N)=O)C1=NN(c2cccc(C(F)(F)F)c2)CC1. The summed E-state index contributed by atoms with van der Waals surface area (Å²) < 4.78 is 37.9. The van der Waals surface area contributed by atoms with Gasteiger partial charge in [0.25, 0.3) is 0 Å². The van der Waals surface area contributed by atoms with E-state index < -0.39 is 17.8 Å². The monoisotopic (exact) mass is 286 g/mol. The highest BCUT2D eigenvalue weighted by Gasteiger charge is 2.31. The minimum absolute atomic E-state index is 0.327. The van der Waals surface area contributed by atoms with E-state index in [1.165, 1.54) is 29.1 Å². The molecule has 108 valence electrons. The van der Waals surface area contributed by atoms with Crippen LogP contribution >= 0.6 is 0 Å². The third-order valence-corrected chi connectivity index (χ3v) is 2.97. The van der Waals surface area contributed by atoms with E-state index in [-0.39, 0.29) is 0 Å². The Hall–Kier alpha value is -2.25. The Bertz CT molecular complexity index is 556. The number of rotatable bonds is 1. The van der Waals surface area contributed by atoms with Crippen LogP contribution in [0.2, 0.25) is 0 Å². The predicted molar refractivity (Wildman–Crippen MR) is 68.2 cm³/mol. The van der Waals surface area contributed by atoms with Gasteiger partial charge in [-0.2, -0.15) is 18.3 Å². The van der Waals surface area contributed by atoms with Crippen LogP contribution in [0.5, 0.6) is 0 Å². The maximum Gasteiger partial charge on any atom is 0.416 e. The van der Waals surface area contributed by atoms with Crippen LogP contribution < -0.4 is 10.7 Å². The first-order chi connectivity index (χ1) is 9.29. The lowest BCUT2D eigenvalue weighted by atomic mass is 10.2. The molecule has 1 aromatic carbocycles. The second-order valence-corrected chi connectivity index (χ2v) is 4.33. The van der Waals surface area contributed by atoms with Gasteiger partial charge in [-0.05, 0) is 18.2 Å². The van der Waals surface area contributed by atoms with Crippen molar-refractivity contribution in [2.45, 2.75) is 12.6 Å². The molecular weight excluding hydrogens is 273 g/mol. The van der Waals surface area contributed by atoms with Crippen molar-refractivity contribution in [2.75, 3.05) is 18.6 Å². The van der Waals surface area contributed by atoms with E-state index in [9.17, 15) is 18.0 Å². The minimum atomic E-state index is -4.40. The average Bonchev–Trinajstić information content (AvgIpc) is 2.86. The van der Waals surface area contributed by atoms with Crippen LogP contribution in [0.3, 0.4) is 0 Å². The van der Waals surface area contributed by atoms with Crippen LogP contribution in [0.4, 0.5) is 23.7 Å². The largest absolute Gasteiger partial charge is 0.416 e. The number of hydrogen-bond donors (Lipinski definition) is 1. The van der Waals surface area contributed by atoms with E-state index in [0.29, 0.717) is 24.5 Å². The molecule has 0 atom stereocenters. The molecule has 1 aromatic rings. The summed E-state index contributed by atoms with van der Waals surface area (Å²) in [6.07, 6.45) is -3.96. The van der Waals surface area contributed by atoms with Gasteiger partial charge < -0.3 is 5.73 Å². The Morgan fingerprint density at radius 3 is 2.75 bits per heavy atom. The number of halogens is 3. The second-order valence-electron chi connectivity index (χ2n) is 4.33. The van der Waals surface area contributed by atoms with Gasteiger partial charge in [0.1, 0.15) is 5.84 Å². The van der Waals surface area contributed by atoms with Gasteiger partial charge in [-0.1, -0.05) is 6.07 Å². The Labute approximate surface area is 113 Å². The van der Waals surface area contributed by atoms with Gasteiger partial charge in [-0.15, -0.1) is 0 Å². The first-order valence-electron chi connectivity index (χ1n) is 5.84. The number of hydrazone groups is 1. The third-order valence-electron chi connectivity index (χ3n) is 2.97. The number of primary amides is 1. The molecule has 5 nitrogen and oxygen atoms in total. The van der Waals surface area contributed by atoms with Gasteiger partial charge in [-0.25, -0.2) is 4.79 Å². The quantitative estimate of drug-likeness (QED) is 0.860. The Kier molecular flexibility index (Phi) is 3.56. The maximum absolute atomic E-state index is 12.6. The number of carbonyl (C=O) groups excluding carboxylic acids is 1. The summed E-state index contributed by atoms with van der Waals surface area (Å²) in [4.78, 5) is 12.2. The molecule has 0 spiro atoms. The zero-order chi connectivity index (χ0) is 14.9. The van der Waals surface area contributed by atoms with Crippen molar-refractivity contribution in [3.63, 3.8) is 0 Å². The topological polar surface area (TPSA) is 61.9 Å². The highest BCUT2D eigenvalue weighted by atomic mass is 19.4. The van der Waals surface area contributed by atoms with Gasteiger partial charge in [0.05, 0.1) is 11.3 Å². The van der Waals surface area contributed by atoms with Crippen molar-refractivity contribution in [3.05, 3.63) is 29.8 Å². The standard InChI is InChI=1S/C12H13F3N4O/c1-18(11(16)20)10-5-6-19(17-10)9-4-2-3-8(7-9)12(13,14)15/h2-4,7H,5-6H2,1H3,(H2,16,20). The molecule has 2 amide bonds. The number of alkyl halides is 3. The lowest BCUT2D eigenvalue weighted by Gasteiger charge is -2.16. The van der Waals surface area contributed by atoms with E-state index in [0.717, 1.165) is 12.1 Å². The van der Waals surface area contributed by atoms with Crippen molar-refractivity contribution in [1.29, 1.82) is 0 Å². The Morgan fingerprint density at radius 1 is 1.45 bits per heavy atom. The van der Waals surface area contributed by atoms with E-state index in [1.54, 1.807) is 0 Å². The molecule has 2 N–H and O–H groups in total. The first-order valence-corrected chi connectivity index (χ1v) is 5.84. The molecule has 8 heteroatoms. The van der Waals surface area contributed by atoms with Gasteiger partial charge in [-0.3, -0.25) is 9.91 Å². The number of nitrogens with zero attached hydrogens (tertiary/aromatic N) is 3. The number of nitrogens with two attached hydrogens (primary N) is 1. The molecular formula is C12H13F3N4O. The van der Waals surface area contributed by atoms with Crippen LogP contribution in [-0.2, 0) is 6.18 Å². The summed E-state index contributed by atoms with van der Waals surface area (Å²) >= 11 is 0. The van der Waals surface area contributed by atoms with Gasteiger partial charge in [0.15, 0.2) is 0 Å². The van der Waals surface area contributed by atoms with Crippen LogP contribution in [0.15, 0.2) is 29.4 Å². The average molecular weight is 286 g/mol. The van der Waals surface area contributed by atoms with Crippen molar-refractivity contribution < 1.29 is 18.0 Å². The normalized spacial score (nSPS) is 15.2. The fraction of sp³-hybridized carbons (Fsp3) is 0.333. The number of amides is 2. The molecule has 0 radical (unpaired) electrons. The van der Waals surface area contributed by atoms with Gasteiger partial charge >= 0.3 is 12.2 Å². The number of urea groups is 1. The number of hydrogen-bond acceptors (Lipinski definition) is 3.